The molecule has 82 valence electrons. The molecule has 1 aliphatic carbocycles. The van der Waals surface area contributed by atoms with Crippen LogP contribution in [0.3, 0.4) is 0 Å². The molecule has 15 heavy (non-hydrogen) atoms. The van der Waals surface area contributed by atoms with Crippen LogP contribution in [0.1, 0.15) is 18.4 Å². The van der Waals surface area contributed by atoms with Gasteiger partial charge in [0.25, 0.3) is 0 Å². The molecular weight excluding hydrogens is 190 g/mol. The fourth-order valence-corrected chi connectivity index (χ4v) is 1.47. The van der Waals surface area contributed by atoms with Crippen LogP contribution in [-0.2, 0) is 11.3 Å². The molecule has 2 rings (SSSR count). The maximum atomic E-state index is 11.3. The normalized spacial score (nSPS) is 15.2. The van der Waals surface area contributed by atoms with Crippen LogP contribution in [0.5, 0.6) is 0 Å². The quantitative estimate of drug-likeness (QED) is 0.599. The van der Waals surface area contributed by atoms with Crippen LogP contribution in [0.2, 0.25) is 0 Å². The number of rotatable bonds is 6. The highest BCUT2D eigenvalue weighted by Crippen LogP contribution is 2.28. The first-order valence-electron chi connectivity index (χ1n) is 5.46. The van der Waals surface area contributed by atoms with E-state index in [1.807, 2.05) is 18.5 Å². The standard InChI is InChI=1S/C11H17N3O/c15-11(10-1-2-10)14-6-5-13-8-9-3-4-12-7-9/h3-4,7,10,12-13H,1-2,5-6,8H2,(H,14,15). The predicted molar refractivity (Wildman–Crippen MR) is 58.2 cm³/mol. The van der Waals surface area contributed by atoms with Gasteiger partial charge in [0.1, 0.15) is 0 Å². The number of aromatic nitrogens is 1. The molecule has 0 atom stereocenters. The Labute approximate surface area is 89.5 Å². The summed E-state index contributed by atoms with van der Waals surface area (Å²) < 4.78 is 0. The highest BCUT2D eigenvalue weighted by Gasteiger charge is 2.28. The number of nitrogens with one attached hydrogen (secondary N) is 3. The van der Waals surface area contributed by atoms with Gasteiger partial charge in [0.15, 0.2) is 0 Å². The summed E-state index contributed by atoms with van der Waals surface area (Å²) in [7, 11) is 0. The van der Waals surface area contributed by atoms with Crippen LogP contribution in [0.15, 0.2) is 18.5 Å². The van der Waals surface area contributed by atoms with Gasteiger partial charge in [0.2, 0.25) is 5.91 Å². The van der Waals surface area contributed by atoms with Gasteiger partial charge in [-0.05, 0) is 24.5 Å². The predicted octanol–water partition coefficient (Wildman–Crippen LogP) is 0.630. The zero-order valence-corrected chi connectivity index (χ0v) is 8.75. The Bertz CT molecular complexity index is 304. The van der Waals surface area contributed by atoms with E-state index in [4.69, 9.17) is 0 Å². The van der Waals surface area contributed by atoms with Crippen LogP contribution in [0, 0.1) is 5.92 Å². The minimum atomic E-state index is 0.221. The third-order valence-electron chi connectivity index (χ3n) is 2.54. The SMILES string of the molecule is O=C(NCCNCc1cc[nH]c1)C1CC1. The first-order valence-corrected chi connectivity index (χ1v) is 5.46. The van der Waals surface area contributed by atoms with Gasteiger partial charge in [-0.2, -0.15) is 0 Å². The number of carbonyl (C=O) groups excluding carboxylic acids is 1. The highest BCUT2D eigenvalue weighted by atomic mass is 16.2. The van der Waals surface area contributed by atoms with Crippen molar-refractivity contribution in [2.24, 2.45) is 5.92 Å². The fourth-order valence-electron chi connectivity index (χ4n) is 1.47. The smallest absolute Gasteiger partial charge is 0.223 e. The molecular formula is C11H17N3O. The molecule has 1 aliphatic rings. The molecule has 0 spiro atoms. The highest BCUT2D eigenvalue weighted by molar-refractivity contribution is 5.80. The Balaban J connectivity index is 1.50. The van der Waals surface area contributed by atoms with Gasteiger partial charge in [-0.15, -0.1) is 0 Å². The second kappa shape index (κ2) is 4.98. The van der Waals surface area contributed by atoms with E-state index in [0.29, 0.717) is 5.92 Å². The van der Waals surface area contributed by atoms with Crippen LogP contribution >= 0.6 is 0 Å². The lowest BCUT2D eigenvalue weighted by Crippen LogP contribution is -2.32. The maximum Gasteiger partial charge on any atom is 0.223 e. The van der Waals surface area contributed by atoms with Gasteiger partial charge in [0, 0.05) is 37.9 Å². The Hall–Kier alpha value is -1.29. The fraction of sp³-hybridized carbons (Fsp3) is 0.545. The van der Waals surface area contributed by atoms with E-state index in [1.165, 1.54) is 5.56 Å². The van der Waals surface area contributed by atoms with Gasteiger partial charge >= 0.3 is 0 Å². The van der Waals surface area contributed by atoms with Crippen molar-refractivity contribution in [1.29, 1.82) is 0 Å². The van der Waals surface area contributed by atoms with Crippen molar-refractivity contribution in [3.05, 3.63) is 24.0 Å². The zero-order valence-electron chi connectivity index (χ0n) is 8.75. The topological polar surface area (TPSA) is 56.9 Å². The van der Waals surface area contributed by atoms with Crippen molar-refractivity contribution >= 4 is 5.91 Å². The van der Waals surface area contributed by atoms with Gasteiger partial charge in [-0.3, -0.25) is 4.79 Å². The summed E-state index contributed by atoms with van der Waals surface area (Å²) in [6.45, 7) is 2.40. The molecule has 1 amide bonds. The van der Waals surface area contributed by atoms with E-state index in [1.54, 1.807) is 0 Å². The molecule has 4 nitrogen and oxygen atoms in total. The average molecular weight is 207 g/mol. The summed E-state index contributed by atoms with van der Waals surface area (Å²) in [6, 6.07) is 2.04. The first-order chi connectivity index (χ1) is 7.36. The summed E-state index contributed by atoms with van der Waals surface area (Å²) in [6.07, 6.45) is 6.02. The molecule has 0 aromatic carbocycles. The van der Waals surface area contributed by atoms with Crippen LogP contribution in [-0.4, -0.2) is 24.0 Å². The molecule has 1 aromatic heterocycles. The second-order valence-corrected chi connectivity index (χ2v) is 3.96. The Morgan fingerprint density at radius 1 is 1.47 bits per heavy atom. The Morgan fingerprint density at radius 2 is 2.33 bits per heavy atom. The summed E-state index contributed by atoms with van der Waals surface area (Å²) >= 11 is 0. The molecule has 3 N–H and O–H groups in total. The third kappa shape index (κ3) is 3.40. The number of hydrogen-bond acceptors (Lipinski definition) is 2. The zero-order chi connectivity index (χ0) is 10.5. The minimum Gasteiger partial charge on any atom is -0.367 e. The van der Waals surface area contributed by atoms with Crippen molar-refractivity contribution < 1.29 is 4.79 Å². The molecule has 1 heterocycles. The minimum absolute atomic E-state index is 0.221. The van der Waals surface area contributed by atoms with Crippen molar-refractivity contribution in [3.63, 3.8) is 0 Å². The molecule has 0 saturated heterocycles. The number of aromatic amines is 1. The lowest BCUT2D eigenvalue weighted by molar-refractivity contribution is -0.122. The monoisotopic (exact) mass is 207 g/mol. The Morgan fingerprint density at radius 3 is 3.00 bits per heavy atom. The van der Waals surface area contributed by atoms with E-state index in [2.05, 4.69) is 15.6 Å². The largest absolute Gasteiger partial charge is 0.367 e. The van der Waals surface area contributed by atoms with Gasteiger partial charge in [-0.1, -0.05) is 0 Å². The molecule has 1 aromatic rings. The van der Waals surface area contributed by atoms with Crippen LogP contribution in [0.25, 0.3) is 0 Å². The first kappa shape index (κ1) is 10.2. The van der Waals surface area contributed by atoms with Crippen molar-refractivity contribution in [1.82, 2.24) is 15.6 Å². The van der Waals surface area contributed by atoms with Gasteiger partial charge < -0.3 is 15.6 Å². The van der Waals surface area contributed by atoms with E-state index in [9.17, 15) is 4.79 Å². The summed E-state index contributed by atoms with van der Waals surface area (Å²) in [5.41, 5.74) is 1.24. The molecule has 4 heteroatoms. The number of H-pyrrole nitrogens is 1. The molecule has 0 unspecified atom stereocenters. The van der Waals surface area contributed by atoms with Crippen molar-refractivity contribution in [3.8, 4) is 0 Å². The van der Waals surface area contributed by atoms with Crippen LogP contribution < -0.4 is 10.6 Å². The van der Waals surface area contributed by atoms with Crippen LogP contribution in [0.4, 0.5) is 0 Å². The van der Waals surface area contributed by atoms with E-state index >= 15 is 0 Å². The molecule has 0 bridgehead atoms. The number of hydrogen-bond donors (Lipinski definition) is 3. The summed E-state index contributed by atoms with van der Waals surface area (Å²) in [5, 5.41) is 6.18. The van der Waals surface area contributed by atoms with E-state index in [-0.39, 0.29) is 5.91 Å². The van der Waals surface area contributed by atoms with E-state index < -0.39 is 0 Å². The lowest BCUT2D eigenvalue weighted by Gasteiger charge is -2.05. The summed E-state index contributed by atoms with van der Waals surface area (Å²) in [5.74, 6) is 0.535. The van der Waals surface area contributed by atoms with Gasteiger partial charge in [-0.25, -0.2) is 0 Å². The van der Waals surface area contributed by atoms with Crippen molar-refractivity contribution in [2.45, 2.75) is 19.4 Å². The Kier molecular flexibility index (Phi) is 3.40. The lowest BCUT2D eigenvalue weighted by atomic mass is 10.3. The molecule has 1 saturated carbocycles. The second-order valence-electron chi connectivity index (χ2n) is 3.96. The van der Waals surface area contributed by atoms with Gasteiger partial charge in [0.05, 0.1) is 0 Å². The third-order valence-corrected chi connectivity index (χ3v) is 2.54. The van der Waals surface area contributed by atoms with Crippen molar-refractivity contribution in [2.75, 3.05) is 13.1 Å². The van der Waals surface area contributed by atoms with E-state index in [0.717, 1.165) is 32.5 Å². The molecule has 0 aliphatic heterocycles. The maximum absolute atomic E-state index is 11.3. The average Bonchev–Trinajstić information content (AvgIpc) is 2.97. The number of amides is 1. The number of carbonyl (C=O) groups is 1. The molecule has 1 fully saturated rings. The molecule has 0 radical (unpaired) electrons. The summed E-state index contributed by atoms with van der Waals surface area (Å²) in [4.78, 5) is 14.3.